The zero-order valence-electron chi connectivity index (χ0n) is 24.9. The van der Waals surface area contributed by atoms with E-state index >= 15 is 0 Å². The Balaban J connectivity index is 5.09. The van der Waals surface area contributed by atoms with Crippen LogP contribution < -0.4 is 43.4 Å². The zero-order chi connectivity index (χ0) is 33.4. The maximum atomic E-state index is 12.9. The van der Waals surface area contributed by atoms with E-state index in [9.17, 15) is 38.4 Å². The molecule has 11 N–H and O–H groups in total. The number of hydrogen-bond donors (Lipinski definition) is 10. The fourth-order valence-electron chi connectivity index (χ4n) is 3.33. The van der Waals surface area contributed by atoms with E-state index in [1.807, 2.05) is 13.8 Å². The minimum Gasteiger partial charge on any atom is -0.480 e. The van der Waals surface area contributed by atoms with Crippen molar-refractivity contribution in [2.75, 3.05) is 12.3 Å². The Hall–Kier alpha value is -3.93. The second-order valence-electron chi connectivity index (χ2n) is 10.4. The van der Waals surface area contributed by atoms with Crippen LogP contribution in [0, 0.1) is 5.92 Å². The van der Waals surface area contributed by atoms with E-state index in [1.165, 1.54) is 20.8 Å². The molecule has 0 radical (unpaired) electrons. The van der Waals surface area contributed by atoms with E-state index in [0.717, 1.165) is 0 Å². The molecule has 0 aliphatic carbocycles. The Morgan fingerprint density at radius 3 is 1.65 bits per heavy atom. The summed E-state index contributed by atoms with van der Waals surface area (Å²) < 4.78 is 0. The molecule has 0 bridgehead atoms. The topological polar surface area (TPSA) is 281 Å². The molecule has 7 amide bonds. The number of nitrogens with one attached hydrogen (secondary N) is 6. The molecule has 6 atom stereocenters. The normalized spacial score (nSPS) is 15.0. The second-order valence-corrected chi connectivity index (χ2v) is 10.7. The number of aliphatic carboxylic acids is 1. The molecule has 17 nitrogen and oxygen atoms in total. The van der Waals surface area contributed by atoms with Gasteiger partial charge in [0.05, 0.1) is 12.6 Å². The first-order valence-corrected chi connectivity index (χ1v) is 14.2. The minimum atomic E-state index is -1.26. The van der Waals surface area contributed by atoms with Gasteiger partial charge < -0.3 is 48.5 Å². The Bertz CT molecular complexity index is 1040. The van der Waals surface area contributed by atoms with Crippen molar-refractivity contribution in [2.45, 2.75) is 90.1 Å². The molecule has 0 aromatic heterocycles. The molecular formula is C25H44N8O9S. The van der Waals surface area contributed by atoms with Crippen LogP contribution in [0.15, 0.2) is 0 Å². The molecule has 0 aliphatic heterocycles. The van der Waals surface area contributed by atoms with Crippen molar-refractivity contribution in [3.05, 3.63) is 0 Å². The van der Waals surface area contributed by atoms with Gasteiger partial charge in [-0.3, -0.25) is 38.4 Å². The Morgan fingerprint density at radius 2 is 1.19 bits per heavy atom. The predicted octanol–water partition coefficient (Wildman–Crippen LogP) is -3.76. The van der Waals surface area contributed by atoms with Gasteiger partial charge in [-0.25, -0.2) is 0 Å². The standard InChI is InChI=1S/C25H44N8O9S/c1-11(2)8-16(32-19(35)9-28-22(38)15(26)6-7-18(27)34)23(39)29-13(4)21(37)33-17(10-43)24(40)30-12(3)20(36)31-14(5)25(41)42/h11-17,43H,6-10,26H2,1-5H3,(H2,27,34)(H,28,38)(H,29,39)(H,30,40)(H,31,36)(H,32,35)(H,33,37)(H,41,42)/t12-,13-,14-,15-,16-,17-/m0/s1. The SMILES string of the molecule is CC(C)C[C@H](NC(=O)CNC(=O)[C@@H](N)CCC(N)=O)C(=O)N[C@@H](C)C(=O)N[C@@H](CS)C(=O)N[C@@H](C)C(=O)N[C@@H](C)C(=O)O. The number of carbonyl (C=O) groups is 8. The molecule has 0 aromatic carbocycles. The molecule has 0 spiro atoms. The summed E-state index contributed by atoms with van der Waals surface area (Å²) >= 11 is 4.05. The van der Waals surface area contributed by atoms with Gasteiger partial charge in [-0.05, 0) is 39.5 Å². The van der Waals surface area contributed by atoms with E-state index in [1.54, 1.807) is 0 Å². The number of rotatable bonds is 19. The lowest BCUT2D eigenvalue weighted by molar-refractivity contribution is -0.141. The number of nitrogens with two attached hydrogens (primary N) is 2. The highest BCUT2D eigenvalue weighted by Gasteiger charge is 2.29. The summed E-state index contributed by atoms with van der Waals surface area (Å²) in [5.74, 6) is -6.46. The first-order chi connectivity index (χ1) is 19.9. The molecule has 0 rings (SSSR count). The summed E-state index contributed by atoms with van der Waals surface area (Å²) in [6, 6.07) is -6.79. The molecule has 0 saturated heterocycles. The Labute approximate surface area is 255 Å². The predicted molar refractivity (Wildman–Crippen MR) is 157 cm³/mol. The second kappa shape index (κ2) is 19.3. The van der Waals surface area contributed by atoms with Crippen LogP contribution >= 0.6 is 12.6 Å². The van der Waals surface area contributed by atoms with Gasteiger partial charge in [0.2, 0.25) is 41.4 Å². The van der Waals surface area contributed by atoms with Crippen LogP contribution in [0.4, 0.5) is 0 Å². The number of carboxylic acids is 1. The van der Waals surface area contributed by atoms with Crippen molar-refractivity contribution in [2.24, 2.45) is 17.4 Å². The highest BCUT2D eigenvalue weighted by molar-refractivity contribution is 7.80. The van der Waals surface area contributed by atoms with Crippen molar-refractivity contribution < 1.29 is 43.5 Å². The maximum Gasteiger partial charge on any atom is 0.325 e. The van der Waals surface area contributed by atoms with E-state index in [2.05, 4.69) is 44.5 Å². The number of primary amides is 1. The average molecular weight is 633 g/mol. The lowest BCUT2D eigenvalue weighted by Crippen LogP contribution is -2.58. The monoisotopic (exact) mass is 632 g/mol. The van der Waals surface area contributed by atoms with Gasteiger partial charge in [-0.2, -0.15) is 12.6 Å². The zero-order valence-corrected chi connectivity index (χ0v) is 25.8. The third-order valence-electron chi connectivity index (χ3n) is 5.87. The number of carbonyl (C=O) groups excluding carboxylic acids is 7. The van der Waals surface area contributed by atoms with Gasteiger partial charge in [0, 0.05) is 12.2 Å². The van der Waals surface area contributed by atoms with Crippen LogP contribution in [0.5, 0.6) is 0 Å². The third kappa shape index (κ3) is 15.8. The van der Waals surface area contributed by atoms with Crippen molar-refractivity contribution in [1.29, 1.82) is 0 Å². The van der Waals surface area contributed by atoms with E-state index in [4.69, 9.17) is 16.6 Å². The molecule has 18 heteroatoms. The smallest absolute Gasteiger partial charge is 0.325 e. The Morgan fingerprint density at radius 1 is 0.698 bits per heavy atom. The van der Waals surface area contributed by atoms with Crippen LogP contribution in [-0.2, 0) is 38.4 Å². The third-order valence-corrected chi connectivity index (χ3v) is 6.23. The number of carboxylic acid groups (broad SMARTS) is 1. The van der Waals surface area contributed by atoms with Crippen LogP contribution in [0.2, 0.25) is 0 Å². The summed E-state index contributed by atoms with van der Waals surface area (Å²) in [5.41, 5.74) is 10.7. The minimum absolute atomic E-state index is 0.00270. The number of amides is 7. The molecule has 244 valence electrons. The summed E-state index contributed by atoms with van der Waals surface area (Å²) in [5, 5.41) is 23.2. The fourth-order valence-corrected chi connectivity index (χ4v) is 3.58. The molecule has 0 aliphatic rings. The average Bonchev–Trinajstić information content (AvgIpc) is 2.91. The van der Waals surface area contributed by atoms with Crippen LogP contribution in [0.25, 0.3) is 0 Å². The van der Waals surface area contributed by atoms with Gasteiger partial charge in [0.25, 0.3) is 0 Å². The summed E-state index contributed by atoms with van der Waals surface area (Å²) in [6.45, 7) is 7.05. The fraction of sp³-hybridized carbons (Fsp3) is 0.680. The van der Waals surface area contributed by atoms with Crippen molar-refractivity contribution in [3.8, 4) is 0 Å². The van der Waals surface area contributed by atoms with Gasteiger partial charge in [-0.15, -0.1) is 0 Å². The highest BCUT2D eigenvalue weighted by atomic mass is 32.1. The van der Waals surface area contributed by atoms with Gasteiger partial charge >= 0.3 is 5.97 Å². The molecule has 0 fully saturated rings. The first-order valence-electron chi connectivity index (χ1n) is 13.6. The van der Waals surface area contributed by atoms with Crippen LogP contribution in [-0.4, -0.2) is 101 Å². The van der Waals surface area contributed by atoms with Crippen molar-refractivity contribution in [3.63, 3.8) is 0 Å². The number of thiol groups is 1. The molecule has 0 unspecified atom stereocenters. The number of hydrogen-bond acceptors (Lipinski definition) is 10. The maximum absolute atomic E-state index is 12.9. The lowest BCUT2D eigenvalue weighted by Gasteiger charge is -2.24. The summed E-state index contributed by atoms with van der Waals surface area (Å²) in [4.78, 5) is 96.6. The van der Waals surface area contributed by atoms with Gasteiger partial charge in [0.1, 0.15) is 30.2 Å². The molecular weight excluding hydrogens is 588 g/mol. The largest absolute Gasteiger partial charge is 0.480 e. The van der Waals surface area contributed by atoms with Gasteiger partial charge in [0.15, 0.2) is 0 Å². The van der Waals surface area contributed by atoms with Crippen molar-refractivity contribution in [1.82, 2.24) is 31.9 Å². The van der Waals surface area contributed by atoms with E-state index in [-0.39, 0.29) is 30.9 Å². The summed E-state index contributed by atoms with van der Waals surface area (Å²) in [7, 11) is 0. The quantitative estimate of drug-likeness (QED) is 0.0621. The first kappa shape index (κ1) is 39.1. The lowest BCUT2D eigenvalue weighted by atomic mass is 10.0. The van der Waals surface area contributed by atoms with Gasteiger partial charge in [-0.1, -0.05) is 13.8 Å². The Kier molecular flexibility index (Phi) is 17.5. The molecule has 0 heterocycles. The summed E-state index contributed by atoms with van der Waals surface area (Å²) in [6.07, 6.45) is 0.0875. The molecule has 43 heavy (non-hydrogen) atoms. The molecule has 0 saturated carbocycles. The van der Waals surface area contributed by atoms with E-state index in [0.29, 0.717) is 0 Å². The van der Waals surface area contributed by atoms with E-state index < -0.39 is 90.1 Å². The van der Waals surface area contributed by atoms with Crippen molar-refractivity contribution >= 4 is 59.9 Å². The van der Waals surface area contributed by atoms with Crippen LogP contribution in [0.3, 0.4) is 0 Å². The highest BCUT2D eigenvalue weighted by Crippen LogP contribution is 2.06. The van der Waals surface area contributed by atoms with Crippen LogP contribution in [0.1, 0.15) is 53.9 Å². The molecule has 0 aromatic rings.